The molecule has 0 spiro atoms. The largest absolute Gasteiger partial charge is 0.464 e. The average Bonchev–Trinajstić information content (AvgIpc) is 2.97. The number of imide groups is 1. The van der Waals surface area contributed by atoms with E-state index in [9.17, 15) is 24.0 Å². The Bertz CT molecular complexity index is 816. The Kier molecular flexibility index (Phi) is 6.26. The minimum atomic E-state index is -0.877. The number of fused-ring (bicyclic) bond motifs is 1. The van der Waals surface area contributed by atoms with E-state index in [1.807, 2.05) is 0 Å². The quantitative estimate of drug-likeness (QED) is 0.510. The van der Waals surface area contributed by atoms with Gasteiger partial charge in [-0.1, -0.05) is 12.1 Å². The summed E-state index contributed by atoms with van der Waals surface area (Å²) in [4.78, 5) is 63.3. The molecular weight excluding hydrogens is 380 g/mol. The summed E-state index contributed by atoms with van der Waals surface area (Å²) in [5.41, 5.74) is 0.457. The smallest absolute Gasteiger partial charge is 0.328 e. The van der Waals surface area contributed by atoms with E-state index in [1.54, 1.807) is 19.1 Å². The number of esters is 2. The summed E-state index contributed by atoms with van der Waals surface area (Å²) in [5.74, 6) is -3.02. The van der Waals surface area contributed by atoms with E-state index in [2.05, 4.69) is 0 Å². The number of hydrogen-bond acceptors (Lipinski definition) is 7. The lowest BCUT2D eigenvalue weighted by Gasteiger charge is -2.33. The van der Waals surface area contributed by atoms with Gasteiger partial charge in [0, 0.05) is 6.54 Å². The van der Waals surface area contributed by atoms with Crippen LogP contribution in [0.25, 0.3) is 0 Å². The Hall–Kier alpha value is -3.23. The van der Waals surface area contributed by atoms with Gasteiger partial charge in [-0.3, -0.25) is 24.1 Å². The van der Waals surface area contributed by atoms with Crippen LogP contribution in [0.15, 0.2) is 24.3 Å². The highest BCUT2D eigenvalue weighted by Gasteiger charge is 2.37. The second-order valence-corrected chi connectivity index (χ2v) is 6.75. The van der Waals surface area contributed by atoms with Crippen molar-refractivity contribution < 1.29 is 33.4 Å². The third kappa shape index (κ3) is 4.28. The van der Waals surface area contributed by atoms with Crippen LogP contribution >= 0.6 is 0 Å². The van der Waals surface area contributed by atoms with E-state index in [-0.39, 0.29) is 17.7 Å². The monoisotopic (exact) mass is 402 g/mol. The van der Waals surface area contributed by atoms with Crippen molar-refractivity contribution in [3.05, 3.63) is 35.4 Å². The lowest BCUT2D eigenvalue weighted by molar-refractivity contribution is -0.161. The first-order valence-electron chi connectivity index (χ1n) is 9.51. The molecule has 0 aliphatic carbocycles. The highest BCUT2D eigenvalue weighted by molar-refractivity contribution is 6.22. The fourth-order valence-electron chi connectivity index (χ4n) is 3.50. The Morgan fingerprint density at radius 1 is 1.03 bits per heavy atom. The SMILES string of the molecule is CCOC(=O)[C@@H]1CCCCN1C(=O)COC(=O)CN1C(=O)c2ccccc2C1=O. The van der Waals surface area contributed by atoms with E-state index in [4.69, 9.17) is 9.47 Å². The number of carbonyl (C=O) groups excluding carboxylic acids is 5. The number of ether oxygens (including phenoxy) is 2. The van der Waals surface area contributed by atoms with Gasteiger partial charge in [0.25, 0.3) is 17.7 Å². The van der Waals surface area contributed by atoms with Crippen molar-refractivity contribution in [2.75, 3.05) is 26.3 Å². The summed E-state index contributed by atoms with van der Waals surface area (Å²) in [5, 5.41) is 0. The van der Waals surface area contributed by atoms with Crippen molar-refractivity contribution in [2.24, 2.45) is 0 Å². The molecule has 2 aliphatic rings. The number of piperidine rings is 1. The number of rotatable bonds is 6. The molecule has 0 saturated carbocycles. The first-order valence-corrected chi connectivity index (χ1v) is 9.51. The predicted molar refractivity (Wildman–Crippen MR) is 98.8 cm³/mol. The molecule has 0 bridgehead atoms. The third-order valence-electron chi connectivity index (χ3n) is 4.90. The molecule has 1 aromatic rings. The van der Waals surface area contributed by atoms with Crippen LogP contribution in [0.5, 0.6) is 0 Å². The van der Waals surface area contributed by atoms with Crippen LogP contribution < -0.4 is 0 Å². The molecule has 3 amide bonds. The zero-order valence-corrected chi connectivity index (χ0v) is 16.1. The van der Waals surface area contributed by atoms with Crippen molar-refractivity contribution in [1.82, 2.24) is 9.80 Å². The summed E-state index contributed by atoms with van der Waals surface area (Å²) in [6, 6.07) is 5.59. The molecule has 0 aromatic heterocycles. The number of hydrogen-bond donors (Lipinski definition) is 0. The van der Waals surface area contributed by atoms with E-state index in [0.717, 1.165) is 17.7 Å². The molecule has 9 nitrogen and oxygen atoms in total. The highest BCUT2D eigenvalue weighted by Crippen LogP contribution is 2.22. The van der Waals surface area contributed by atoms with Crippen LogP contribution in [0.3, 0.4) is 0 Å². The number of nitrogens with zero attached hydrogens (tertiary/aromatic N) is 2. The Morgan fingerprint density at radius 2 is 1.69 bits per heavy atom. The second-order valence-electron chi connectivity index (χ2n) is 6.75. The predicted octanol–water partition coefficient (Wildman–Crippen LogP) is 0.770. The number of likely N-dealkylation sites (tertiary alicyclic amines) is 1. The molecule has 1 saturated heterocycles. The lowest BCUT2D eigenvalue weighted by atomic mass is 10.0. The maximum absolute atomic E-state index is 12.5. The zero-order chi connectivity index (χ0) is 21.0. The van der Waals surface area contributed by atoms with Crippen molar-refractivity contribution in [2.45, 2.75) is 32.2 Å². The van der Waals surface area contributed by atoms with Gasteiger partial charge in [-0.05, 0) is 38.3 Å². The van der Waals surface area contributed by atoms with Crippen molar-refractivity contribution in [1.29, 1.82) is 0 Å². The normalized spacial score (nSPS) is 18.4. The van der Waals surface area contributed by atoms with Gasteiger partial charge in [-0.25, -0.2) is 4.79 Å². The van der Waals surface area contributed by atoms with E-state index < -0.39 is 48.9 Å². The van der Waals surface area contributed by atoms with Gasteiger partial charge in [0.2, 0.25) is 0 Å². The molecule has 1 atom stereocenters. The topological polar surface area (TPSA) is 110 Å². The minimum absolute atomic E-state index is 0.215. The van der Waals surface area contributed by atoms with Crippen LogP contribution in [-0.2, 0) is 23.9 Å². The molecule has 0 N–H and O–H groups in total. The lowest BCUT2D eigenvalue weighted by Crippen LogP contribution is -2.50. The Morgan fingerprint density at radius 3 is 2.31 bits per heavy atom. The maximum Gasteiger partial charge on any atom is 0.328 e. The molecule has 29 heavy (non-hydrogen) atoms. The van der Waals surface area contributed by atoms with Crippen LogP contribution in [-0.4, -0.2) is 71.8 Å². The first-order chi connectivity index (χ1) is 13.9. The molecular formula is C20H22N2O7. The molecule has 154 valence electrons. The van der Waals surface area contributed by atoms with Gasteiger partial charge >= 0.3 is 11.9 Å². The summed E-state index contributed by atoms with van der Waals surface area (Å²) in [6.45, 7) is 1.12. The van der Waals surface area contributed by atoms with Gasteiger partial charge in [-0.2, -0.15) is 0 Å². The molecule has 2 heterocycles. The summed E-state index contributed by atoms with van der Waals surface area (Å²) in [7, 11) is 0. The number of benzene rings is 1. The van der Waals surface area contributed by atoms with Crippen molar-refractivity contribution >= 4 is 29.7 Å². The summed E-state index contributed by atoms with van der Waals surface area (Å²) >= 11 is 0. The third-order valence-corrected chi connectivity index (χ3v) is 4.90. The van der Waals surface area contributed by atoms with E-state index in [0.29, 0.717) is 13.0 Å². The average molecular weight is 402 g/mol. The van der Waals surface area contributed by atoms with Crippen LogP contribution in [0.2, 0.25) is 0 Å². The highest BCUT2D eigenvalue weighted by atomic mass is 16.5. The molecule has 0 unspecified atom stereocenters. The van der Waals surface area contributed by atoms with Gasteiger partial charge in [0.05, 0.1) is 17.7 Å². The fourth-order valence-corrected chi connectivity index (χ4v) is 3.50. The van der Waals surface area contributed by atoms with E-state index >= 15 is 0 Å². The molecule has 3 rings (SSSR count). The van der Waals surface area contributed by atoms with Gasteiger partial charge in [-0.15, -0.1) is 0 Å². The number of carbonyl (C=O) groups is 5. The number of amides is 3. The van der Waals surface area contributed by atoms with Crippen molar-refractivity contribution in [3.63, 3.8) is 0 Å². The molecule has 1 aromatic carbocycles. The second kappa shape index (κ2) is 8.85. The van der Waals surface area contributed by atoms with Crippen LogP contribution in [0.1, 0.15) is 46.9 Å². The molecule has 9 heteroatoms. The standard InChI is InChI=1S/C20H22N2O7/c1-2-28-20(27)15-9-5-6-10-21(15)16(23)12-29-17(24)11-22-18(25)13-7-3-4-8-14(13)19(22)26/h3-4,7-8,15H,2,5-6,9-12H2,1H3/t15-/m0/s1. The maximum atomic E-state index is 12.5. The summed E-state index contributed by atoms with van der Waals surface area (Å²) in [6.07, 6.45) is 2.03. The Labute approximate surface area is 167 Å². The Balaban J connectivity index is 1.55. The zero-order valence-electron chi connectivity index (χ0n) is 16.1. The molecule has 1 fully saturated rings. The van der Waals surface area contributed by atoms with Crippen molar-refractivity contribution in [3.8, 4) is 0 Å². The minimum Gasteiger partial charge on any atom is -0.464 e. The summed E-state index contributed by atoms with van der Waals surface area (Å²) < 4.78 is 9.98. The van der Waals surface area contributed by atoms with Gasteiger partial charge in [0.15, 0.2) is 6.61 Å². The first kappa shape index (κ1) is 20.5. The molecule has 0 radical (unpaired) electrons. The van der Waals surface area contributed by atoms with Gasteiger partial charge < -0.3 is 14.4 Å². The fraction of sp³-hybridized carbons (Fsp3) is 0.450. The van der Waals surface area contributed by atoms with Crippen LogP contribution in [0.4, 0.5) is 0 Å². The van der Waals surface area contributed by atoms with Gasteiger partial charge in [0.1, 0.15) is 12.6 Å². The van der Waals surface area contributed by atoms with E-state index in [1.165, 1.54) is 17.0 Å². The van der Waals surface area contributed by atoms with Crippen LogP contribution in [0, 0.1) is 0 Å². The molecule has 2 aliphatic heterocycles.